The summed E-state index contributed by atoms with van der Waals surface area (Å²) in [5.74, 6) is -1.10. The Morgan fingerprint density at radius 2 is 1.94 bits per heavy atom. The number of carbonyl (C=O) groups is 1. The summed E-state index contributed by atoms with van der Waals surface area (Å²) < 4.78 is 11.4. The molecule has 1 heterocycles. The molecular formula is C27H35N3O4. The number of nitrogens with one attached hydrogen (secondary N) is 1. The summed E-state index contributed by atoms with van der Waals surface area (Å²) in [6, 6.07) is 16.0. The quantitative estimate of drug-likeness (QED) is 0.465. The van der Waals surface area contributed by atoms with E-state index in [1.54, 1.807) is 12.1 Å². The molecule has 2 aromatic carbocycles. The van der Waals surface area contributed by atoms with Crippen molar-refractivity contribution in [3.05, 3.63) is 53.6 Å². The Kier molecular flexibility index (Phi) is 9.32. The van der Waals surface area contributed by atoms with Crippen LogP contribution in [0.25, 0.3) is 0 Å². The van der Waals surface area contributed by atoms with Crippen LogP contribution in [0.15, 0.2) is 42.5 Å². The van der Waals surface area contributed by atoms with E-state index in [0.29, 0.717) is 18.2 Å². The predicted octanol–water partition coefficient (Wildman–Crippen LogP) is 5.29. The Balaban J connectivity index is 1.99. The van der Waals surface area contributed by atoms with Gasteiger partial charge in [-0.3, -0.25) is 4.79 Å². The van der Waals surface area contributed by atoms with Crippen LogP contribution in [0.4, 0.5) is 17.1 Å². The smallest absolute Gasteiger partial charge is 0.304 e. The molecule has 2 aromatic rings. The number of anilines is 3. The summed E-state index contributed by atoms with van der Waals surface area (Å²) in [7, 11) is 0. The number of carboxylic acid groups (broad SMARTS) is 1. The van der Waals surface area contributed by atoms with E-state index < -0.39 is 5.97 Å². The van der Waals surface area contributed by atoms with Crippen LogP contribution in [0.1, 0.15) is 57.1 Å². The standard InChI is InChI=1S/C27H35N3O4/c1-4-30(24-11-13-33-14-12-24)26-10-7-21(22(16-27(31)32)18-34-19(2)3)15-25(26)29-23-8-5-20(17-28)6-9-23/h5-10,15,19,22,24,29H,4,11-14,16,18H2,1-3H3,(H,31,32)/t22-/m0/s1. The highest BCUT2D eigenvalue weighted by atomic mass is 16.5. The van der Waals surface area contributed by atoms with Gasteiger partial charge < -0.3 is 24.8 Å². The van der Waals surface area contributed by atoms with E-state index in [0.717, 1.165) is 55.2 Å². The van der Waals surface area contributed by atoms with E-state index in [-0.39, 0.29) is 18.4 Å². The third kappa shape index (κ3) is 6.96. The second-order valence-electron chi connectivity index (χ2n) is 8.90. The van der Waals surface area contributed by atoms with Crippen molar-refractivity contribution in [2.24, 2.45) is 0 Å². The van der Waals surface area contributed by atoms with Crippen LogP contribution in [-0.4, -0.2) is 49.6 Å². The first kappa shape index (κ1) is 25.5. The van der Waals surface area contributed by atoms with Gasteiger partial charge in [0.05, 0.1) is 42.1 Å². The maximum Gasteiger partial charge on any atom is 0.304 e. The lowest BCUT2D eigenvalue weighted by atomic mass is 9.94. The molecule has 1 fully saturated rings. The Morgan fingerprint density at radius 1 is 1.24 bits per heavy atom. The molecule has 34 heavy (non-hydrogen) atoms. The molecule has 7 nitrogen and oxygen atoms in total. The first-order valence-corrected chi connectivity index (χ1v) is 12.0. The van der Waals surface area contributed by atoms with E-state index in [2.05, 4.69) is 29.3 Å². The van der Waals surface area contributed by atoms with E-state index in [1.807, 2.05) is 38.1 Å². The van der Waals surface area contributed by atoms with Crippen molar-refractivity contribution in [2.75, 3.05) is 36.6 Å². The number of hydrogen-bond acceptors (Lipinski definition) is 6. The lowest BCUT2D eigenvalue weighted by molar-refractivity contribution is -0.138. The SMILES string of the molecule is CCN(c1ccc([C@H](COC(C)C)CC(=O)O)cc1Nc1ccc(C#N)cc1)C1CCOCC1. The molecule has 1 aliphatic rings. The Bertz CT molecular complexity index is 978. The molecule has 0 unspecified atom stereocenters. The Morgan fingerprint density at radius 3 is 2.53 bits per heavy atom. The van der Waals surface area contributed by atoms with Gasteiger partial charge in [0.1, 0.15) is 0 Å². The Hall–Kier alpha value is -3.08. The van der Waals surface area contributed by atoms with Gasteiger partial charge in [-0.15, -0.1) is 0 Å². The molecule has 182 valence electrons. The first-order chi connectivity index (χ1) is 16.4. The van der Waals surface area contributed by atoms with Gasteiger partial charge in [0.25, 0.3) is 0 Å². The van der Waals surface area contributed by atoms with E-state index in [9.17, 15) is 9.90 Å². The van der Waals surface area contributed by atoms with Crippen molar-refractivity contribution in [3.63, 3.8) is 0 Å². The number of nitriles is 1. The van der Waals surface area contributed by atoms with Crippen molar-refractivity contribution < 1.29 is 19.4 Å². The molecule has 0 aliphatic carbocycles. The van der Waals surface area contributed by atoms with Gasteiger partial charge in [0.15, 0.2) is 0 Å². The highest BCUT2D eigenvalue weighted by Gasteiger charge is 2.24. The second-order valence-corrected chi connectivity index (χ2v) is 8.90. The van der Waals surface area contributed by atoms with Gasteiger partial charge in [-0.1, -0.05) is 6.07 Å². The zero-order valence-electron chi connectivity index (χ0n) is 20.3. The minimum atomic E-state index is -0.847. The average Bonchev–Trinajstić information content (AvgIpc) is 2.84. The van der Waals surface area contributed by atoms with Crippen LogP contribution < -0.4 is 10.2 Å². The molecule has 0 aromatic heterocycles. The highest BCUT2D eigenvalue weighted by molar-refractivity contribution is 5.77. The number of hydrogen-bond donors (Lipinski definition) is 2. The normalized spacial score (nSPS) is 15.0. The fourth-order valence-corrected chi connectivity index (χ4v) is 4.36. The molecule has 0 amide bonds. The molecule has 1 aliphatic heterocycles. The van der Waals surface area contributed by atoms with Gasteiger partial charge in [-0.05, 0) is 75.6 Å². The number of carboxylic acids is 1. The van der Waals surface area contributed by atoms with Gasteiger partial charge in [0, 0.05) is 37.4 Å². The summed E-state index contributed by atoms with van der Waals surface area (Å²) in [5, 5.41) is 22.1. The van der Waals surface area contributed by atoms with Crippen LogP contribution in [0.3, 0.4) is 0 Å². The van der Waals surface area contributed by atoms with Crippen LogP contribution in [-0.2, 0) is 14.3 Å². The topological polar surface area (TPSA) is 94.8 Å². The van der Waals surface area contributed by atoms with Crippen LogP contribution in [0, 0.1) is 11.3 Å². The van der Waals surface area contributed by atoms with E-state index in [1.165, 1.54) is 0 Å². The largest absolute Gasteiger partial charge is 0.481 e. The van der Waals surface area contributed by atoms with Gasteiger partial charge in [-0.2, -0.15) is 5.26 Å². The molecule has 0 spiro atoms. The predicted molar refractivity (Wildman–Crippen MR) is 134 cm³/mol. The lowest BCUT2D eigenvalue weighted by Gasteiger charge is -2.37. The maximum absolute atomic E-state index is 11.6. The summed E-state index contributed by atoms with van der Waals surface area (Å²) in [6.45, 7) is 8.75. The van der Waals surface area contributed by atoms with E-state index in [4.69, 9.17) is 14.7 Å². The molecule has 0 bridgehead atoms. The summed E-state index contributed by atoms with van der Waals surface area (Å²) in [5.41, 5.74) is 4.38. The molecular weight excluding hydrogens is 430 g/mol. The zero-order valence-corrected chi connectivity index (χ0v) is 20.3. The molecule has 0 radical (unpaired) electrons. The average molecular weight is 466 g/mol. The van der Waals surface area contributed by atoms with E-state index >= 15 is 0 Å². The van der Waals surface area contributed by atoms with Crippen LogP contribution in [0.2, 0.25) is 0 Å². The molecule has 7 heteroatoms. The van der Waals surface area contributed by atoms with Crippen molar-refractivity contribution in [3.8, 4) is 6.07 Å². The highest BCUT2D eigenvalue weighted by Crippen LogP contribution is 2.36. The number of ether oxygens (including phenoxy) is 2. The summed E-state index contributed by atoms with van der Waals surface area (Å²) in [6.07, 6.45) is 1.96. The van der Waals surface area contributed by atoms with Gasteiger partial charge >= 0.3 is 5.97 Å². The third-order valence-electron chi connectivity index (χ3n) is 6.12. The molecule has 1 saturated heterocycles. The summed E-state index contributed by atoms with van der Waals surface area (Å²) >= 11 is 0. The first-order valence-electron chi connectivity index (χ1n) is 12.0. The molecule has 0 saturated carbocycles. The number of aliphatic carboxylic acids is 1. The van der Waals surface area contributed by atoms with Crippen LogP contribution >= 0.6 is 0 Å². The summed E-state index contributed by atoms with van der Waals surface area (Å²) in [4.78, 5) is 14.0. The molecule has 3 rings (SSSR count). The van der Waals surface area contributed by atoms with Gasteiger partial charge in [0.2, 0.25) is 0 Å². The van der Waals surface area contributed by atoms with Crippen molar-refractivity contribution >= 4 is 23.0 Å². The fraction of sp³-hybridized carbons (Fsp3) is 0.481. The van der Waals surface area contributed by atoms with Crippen LogP contribution in [0.5, 0.6) is 0 Å². The monoisotopic (exact) mass is 465 g/mol. The number of rotatable bonds is 11. The lowest BCUT2D eigenvalue weighted by Crippen LogP contribution is -2.39. The van der Waals surface area contributed by atoms with Gasteiger partial charge in [-0.25, -0.2) is 0 Å². The fourth-order valence-electron chi connectivity index (χ4n) is 4.36. The van der Waals surface area contributed by atoms with Crippen molar-refractivity contribution in [2.45, 2.75) is 58.1 Å². The zero-order chi connectivity index (χ0) is 24.5. The molecule has 1 atom stereocenters. The number of nitrogens with zero attached hydrogens (tertiary/aromatic N) is 2. The second kappa shape index (κ2) is 12.4. The minimum absolute atomic E-state index is 0.000170. The minimum Gasteiger partial charge on any atom is -0.481 e. The molecule has 2 N–H and O–H groups in total. The van der Waals surface area contributed by atoms with Crippen molar-refractivity contribution in [1.82, 2.24) is 0 Å². The number of benzene rings is 2. The Labute approximate surface area is 202 Å². The van der Waals surface area contributed by atoms with Crippen molar-refractivity contribution in [1.29, 1.82) is 5.26 Å². The third-order valence-corrected chi connectivity index (χ3v) is 6.12. The maximum atomic E-state index is 11.6.